The summed E-state index contributed by atoms with van der Waals surface area (Å²) in [6, 6.07) is 18.5. The Labute approximate surface area is 149 Å². The van der Waals surface area contributed by atoms with E-state index in [2.05, 4.69) is 51.2 Å². The van der Waals surface area contributed by atoms with Crippen molar-refractivity contribution in [1.82, 2.24) is 4.90 Å². The Hall–Kier alpha value is -1.91. The third-order valence-electron chi connectivity index (χ3n) is 4.71. The summed E-state index contributed by atoms with van der Waals surface area (Å²) in [6.07, 6.45) is 2.35. The Balaban J connectivity index is 1.70. The zero-order valence-corrected chi connectivity index (χ0v) is 14.8. The average molecular weight is 384 g/mol. The molecule has 2 heterocycles. The number of benzene rings is 2. The van der Waals surface area contributed by atoms with Crippen molar-refractivity contribution in [2.24, 2.45) is 0 Å². The van der Waals surface area contributed by atoms with Gasteiger partial charge in [0.25, 0.3) is 0 Å². The second-order valence-electron chi connectivity index (χ2n) is 6.27. The van der Waals surface area contributed by atoms with Crippen LogP contribution in [0.5, 0.6) is 0 Å². The van der Waals surface area contributed by atoms with Crippen molar-refractivity contribution >= 4 is 26.9 Å². The lowest BCUT2D eigenvalue weighted by Crippen LogP contribution is -2.23. The molecule has 1 aliphatic heterocycles. The Morgan fingerprint density at radius 3 is 2.79 bits per heavy atom. The first-order valence-corrected chi connectivity index (χ1v) is 9.01. The minimum absolute atomic E-state index is 0.286. The summed E-state index contributed by atoms with van der Waals surface area (Å²) in [5, 5.41) is 1.01. The molecule has 1 saturated heterocycles. The van der Waals surface area contributed by atoms with Gasteiger partial charge in [-0.3, -0.25) is 4.90 Å². The summed E-state index contributed by atoms with van der Waals surface area (Å²) in [5.74, 6) is 0. The lowest BCUT2D eigenvalue weighted by atomic mass is 10.0. The Morgan fingerprint density at radius 1 is 1.12 bits per heavy atom. The molecular weight excluding hydrogens is 366 g/mol. The molecule has 4 rings (SSSR count). The first-order valence-electron chi connectivity index (χ1n) is 8.22. The predicted molar refractivity (Wildman–Crippen MR) is 99.0 cm³/mol. The van der Waals surface area contributed by atoms with Gasteiger partial charge in [0.2, 0.25) is 0 Å². The molecule has 1 aromatic heterocycles. The fourth-order valence-corrected chi connectivity index (χ4v) is 3.96. The molecule has 0 N–H and O–H groups in total. The monoisotopic (exact) mass is 383 g/mol. The van der Waals surface area contributed by atoms with E-state index in [9.17, 15) is 4.79 Å². The SMILES string of the molecule is O=c1cc(CN2CCCC2c2ccccc2)c2ccc(Br)cc2o1. The summed E-state index contributed by atoms with van der Waals surface area (Å²) in [5.41, 5.74) is 2.75. The van der Waals surface area contributed by atoms with Gasteiger partial charge < -0.3 is 4.42 Å². The van der Waals surface area contributed by atoms with E-state index >= 15 is 0 Å². The molecular formula is C20H18BrNO2. The van der Waals surface area contributed by atoms with Crippen molar-refractivity contribution in [3.63, 3.8) is 0 Å². The van der Waals surface area contributed by atoms with Crippen LogP contribution in [0.2, 0.25) is 0 Å². The van der Waals surface area contributed by atoms with E-state index in [4.69, 9.17) is 4.42 Å². The molecule has 0 bridgehead atoms. The number of fused-ring (bicyclic) bond motifs is 1. The number of likely N-dealkylation sites (tertiary alicyclic amines) is 1. The molecule has 3 aromatic rings. The van der Waals surface area contributed by atoms with Crippen molar-refractivity contribution in [2.45, 2.75) is 25.4 Å². The molecule has 0 saturated carbocycles. The second-order valence-corrected chi connectivity index (χ2v) is 7.19. The van der Waals surface area contributed by atoms with Crippen LogP contribution in [0, 0.1) is 0 Å². The van der Waals surface area contributed by atoms with E-state index in [1.807, 2.05) is 18.2 Å². The predicted octanol–water partition coefficient (Wildman–Crippen LogP) is 4.89. The highest BCUT2D eigenvalue weighted by atomic mass is 79.9. The number of hydrogen-bond donors (Lipinski definition) is 0. The van der Waals surface area contributed by atoms with Gasteiger partial charge in [0.05, 0.1) is 0 Å². The summed E-state index contributed by atoms with van der Waals surface area (Å²) in [6.45, 7) is 1.82. The lowest BCUT2D eigenvalue weighted by Gasteiger charge is -2.25. The smallest absolute Gasteiger partial charge is 0.336 e. The number of rotatable bonds is 3. The van der Waals surface area contributed by atoms with Crippen LogP contribution in [0.3, 0.4) is 0 Å². The summed E-state index contributed by atoms with van der Waals surface area (Å²) in [4.78, 5) is 14.4. The van der Waals surface area contributed by atoms with E-state index < -0.39 is 0 Å². The molecule has 3 nitrogen and oxygen atoms in total. The fourth-order valence-electron chi connectivity index (χ4n) is 3.62. The van der Waals surface area contributed by atoms with Crippen molar-refractivity contribution < 1.29 is 4.42 Å². The van der Waals surface area contributed by atoms with Crippen LogP contribution in [0.25, 0.3) is 11.0 Å². The minimum atomic E-state index is -0.286. The maximum atomic E-state index is 11.9. The molecule has 1 fully saturated rings. The van der Waals surface area contributed by atoms with Crippen LogP contribution >= 0.6 is 15.9 Å². The molecule has 0 aliphatic carbocycles. The quantitative estimate of drug-likeness (QED) is 0.603. The number of nitrogens with zero attached hydrogens (tertiary/aromatic N) is 1. The molecule has 0 amide bonds. The van der Waals surface area contributed by atoms with Crippen LogP contribution in [0.15, 0.2) is 68.3 Å². The molecule has 4 heteroatoms. The Bertz CT molecular complexity index is 920. The van der Waals surface area contributed by atoms with Gasteiger partial charge >= 0.3 is 5.63 Å². The minimum Gasteiger partial charge on any atom is -0.423 e. The van der Waals surface area contributed by atoms with Crippen LogP contribution < -0.4 is 5.63 Å². The third kappa shape index (κ3) is 3.04. The summed E-state index contributed by atoms with van der Waals surface area (Å²) < 4.78 is 6.27. The fraction of sp³-hybridized carbons (Fsp3) is 0.250. The van der Waals surface area contributed by atoms with Gasteiger partial charge in [0, 0.05) is 28.5 Å². The van der Waals surface area contributed by atoms with Crippen LogP contribution in [0.4, 0.5) is 0 Å². The molecule has 1 unspecified atom stereocenters. The highest BCUT2D eigenvalue weighted by molar-refractivity contribution is 9.10. The highest BCUT2D eigenvalue weighted by Gasteiger charge is 2.26. The van der Waals surface area contributed by atoms with Crippen molar-refractivity contribution in [1.29, 1.82) is 0 Å². The molecule has 1 atom stereocenters. The van der Waals surface area contributed by atoms with E-state index in [1.54, 1.807) is 6.07 Å². The number of halogens is 1. The average Bonchev–Trinajstić information content (AvgIpc) is 3.03. The van der Waals surface area contributed by atoms with Gasteiger partial charge in [-0.25, -0.2) is 4.79 Å². The van der Waals surface area contributed by atoms with Gasteiger partial charge in [0.15, 0.2) is 0 Å². The first kappa shape index (κ1) is 15.6. The van der Waals surface area contributed by atoms with E-state index in [0.717, 1.165) is 34.9 Å². The van der Waals surface area contributed by atoms with Crippen LogP contribution in [-0.2, 0) is 6.54 Å². The van der Waals surface area contributed by atoms with Gasteiger partial charge in [-0.1, -0.05) is 46.3 Å². The molecule has 0 spiro atoms. The van der Waals surface area contributed by atoms with Crippen LogP contribution in [0.1, 0.15) is 30.0 Å². The van der Waals surface area contributed by atoms with Crippen molar-refractivity contribution in [3.8, 4) is 0 Å². The first-order chi connectivity index (χ1) is 11.7. The summed E-state index contributed by atoms with van der Waals surface area (Å²) in [7, 11) is 0. The molecule has 0 radical (unpaired) electrons. The Morgan fingerprint density at radius 2 is 1.96 bits per heavy atom. The van der Waals surface area contributed by atoms with Gasteiger partial charge in [-0.05, 0) is 48.7 Å². The maximum absolute atomic E-state index is 11.9. The third-order valence-corrected chi connectivity index (χ3v) is 5.21. The van der Waals surface area contributed by atoms with Crippen molar-refractivity contribution in [2.75, 3.05) is 6.54 Å². The molecule has 1 aliphatic rings. The zero-order chi connectivity index (χ0) is 16.5. The van der Waals surface area contributed by atoms with Gasteiger partial charge in [-0.15, -0.1) is 0 Å². The lowest BCUT2D eigenvalue weighted by molar-refractivity contribution is 0.249. The molecule has 122 valence electrons. The van der Waals surface area contributed by atoms with E-state index in [-0.39, 0.29) is 5.63 Å². The Kier molecular flexibility index (Phi) is 4.25. The van der Waals surface area contributed by atoms with E-state index in [0.29, 0.717) is 11.6 Å². The van der Waals surface area contributed by atoms with Gasteiger partial charge in [-0.2, -0.15) is 0 Å². The largest absolute Gasteiger partial charge is 0.423 e. The normalized spacial score (nSPS) is 18.3. The second kappa shape index (κ2) is 6.54. The molecule has 2 aromatic carbocycles. The highest BCUT2D eigenvalue weighted by Crippen LogP contribution is 2.34. The van der Waals surface area contributed by atoms with Crippen molar-refractivity contribution in [3.05, 3.63) is 80.6 Å². The van der Waals surface area contributed by atoms with E-state index in [1.165, 1.54) is 12.0 Å². The zero-order valence-electron chi connectivity index (χ0n) is 13.2. The van der Waals surface area contributed by atoms with Gasteiger partial charge in [0.1, 0.15) is 5.58 Å². The summed E-state index contributed by atoms with van der Waals surface area (Å²) >= 11 is 3.44. The van der Waals surface area contributed by atoms with Crippen LogP contribution in [-0.4, -0.2) is 11.4 Å². The topological polar surface area (TPSA) is 33.5 Å². The standard InChI is InChI=1S/C20H18BrNO2/c21-16-8-9-17-15(11-20(23)24-19(17)12-16)13-22-10-4-7-18(22)14-5-2-1-3-6-14/h1-3,5-6,8-9,11-12,18H,4,7,10,13H2. The number of hydrogen-bond acceptors (Lipinski definition) is 3. The maximum Gasteiger partial charge on any atom is 0.336 e. The molecule has 24 heavy (non-hydrogen) atoms.